The molecule has 0 fully saturated rings. The lowest BCUT2D eigenvalue weighted by Crippen LogP contribution is -2.30. The molecule has 1 atom stereocenters. The first-order valence-corrected chi connectivity index (χ1v) is 15.3. The van der Waals surface area contributed by atoms with E-state index in [2.05, 4.69) is 19.9 Å². The number of anilines is 2. The van der Waals surface area contributed by atoms with Crippen molar-refractivity contribution in [2.24, 2.45) is 0 Å². The van der Waals surface area contributed by atoms with E-state index in [0.717, 1.165) is 28.2 Å². The van der Waals surface area contributed by atoms with Gasteiger partial charge in [0.2, 0.25) is 0 Å². The largest absolute Gasteiger partial charge is 0.497 e. The molecular formula is C34H33ClF4N6O3. The summed E-state index contributed by atoms with van der Waals surface area (Å²) in [7, 11) is 4.93. The third-order valence-electron chi connectivity index (χ3n) is 7.69. The van der Waals surface area contributed by atoms with Crippen LogP contribution in [-0.2, 0) is 13.1 Å². The Morgan fingerprint density at radius 3 is 2.00 bits per heavy atom. The zero-order valence-electron chi connectivity index (χ0n) is 26.6. The van der Waals surface area contributed by atoms with Crippen LogP contribution in [0, 0.1) is 5.82 Å². The van der Waals surface area contributed by atoms with E-state index >= 15 is 4.39 Å². The number of rotatable bonds is 13. The Hall–Kier alpha value is -4.91. The summed E-state index contributed by atoms with van der Waals surface area (Å²) < 4.78 is 69.9. The third-order valence-corrected chi connectivity index (χ3v) is 7.96. The maximum absolute atomic E-state index is 15.2. The van der Waals surface area contributed by atoms with Crippen molar-refractivity contribution >= 4 is 34.1 Å². The Morgan fingerprint density at radius 2 is 1.46 bits per heavy atom. The minimum atomic E-state index is -4.66. The summed E-state index contributed by atoms with van der Waals surface area (Å²) in [6.07, 6.45) is -1.16. The average molecular weight is 685 g/mol. The molecule has 14 heteroatoms. The first kappa shape index (κ1) is 34.4. The molecule has 0 saturated heterocycles. The third kappa shape index (κ3) is 7.96. The molecule has 0 aliphatic rings. The van der Waals surface area contributed by atoms with Gasteiger partial charge in [-0.05, 0) is 47.9 Å². The fraction of sp³-hybridized carbons (Fsp3) is 0.294. The van der Waals surface area contributed by atoms with E-state index in [1.807, 2.05) is 67.6 Å². The van der Waals surface area contributed by atoms with Crippen molar-refractivity contribution in [2.45, 2.75) is 38.7 Å². The SMILES string of the molecule is CCC(c1cccnc1N(Cc1ccc(OC)cc1)Cc1ccc(OC)cc1)N(C)c1nc(OCC(F)(F)F)nc2c(F)c(Cl)ncc12. The number of alkyl halides is 3. The molecule has 1 unspecified atom stereocenters. The summed E-state index contributed by atoms with van der Waals surface area (Å²) in [6.45, 7) is 1.27. The summed E-state index contributed by atoms with van der Waals surface area (Å²) in [5, 5.41) is -0.332. The first-order valence-electron chi connectivity index (χ1n) is 14.9. The van der Waals surface area contributed by atoms with E-state index in [9.17, 15) is 13.2 Å². The fourth-order valence-corrected chi connectivity index (χ4v) is 5.51. The van der Waals surface area contributed by atoms with E-state index in [1.54, 1.807) is 32.4 Å². The molecule has 0 aliphatic heterocycles. The molecule has 5 aromatic rings. The van der Waals surface area contributed by atoms with Crippen molar-refractivity contribution in [3.63, 3.8) is 0 Å². The number of ether oxygens (including phenoxy) is 3. The van der Waals surface area contributed by atoms with Crippen LogP contribution in [0.15, 0.2) is 73.1 Å². The maximum Gasteiger partial charge on any atom is 0.422 e. The van der Waals surface area contributed by atoms with Crippen LogP contribution < -0.4 is 24.0 Å². The molecule has 3 heterocycles. The summed E-state index contributed by atoms with van der Waals surface area (Å²) >= 11 is 5.92. The lowest BCUT2D eigenvalue weighted by Gasteiger charge is -2.33. The van der Waals surface area contributed by atoms with Crippen molar-refractivity contribution < 1.29 is 31.8 Å². The molecule has 0 aliphatic carbocycles. The van der Waals surface area contributed by atoms with Crippen molar-refractivity contribution in [3.05, 3.63) is 101 Å². The topological polar surface area (TPSA) is 85.7 Å². The monoisotopic (exact) mass is 684 g/mol. The molecule has 0 amide bonds. The molecule has 9 nitrogen and oxygen atoms in total. The Labute approximate surface area is 280 Å². The summed E-state index contributed by atoms with van der Waals surface area (Å²) in [5.74, 6) is 1.24. The van der Waals surface area contributed by atoms with Gasteiger partial charge in [-0.25, -0.2) is 14.4 Å². The highest BCUT2D eigenvalue weighted by Gasteiger charge is 2.31. The van der Waals surface area contributed by atoms with Gasteiger partial charge in [0.25, 0.3) is 0 Å². The second kappa shape index (κ2) is 14.9. The van der Waals surface area contributed by atoms with Gasteiger partial charge >= 0.3 is 12.2 Å². The molecule has 0 N–H and O–H groups in total. The number of methoxy groups -OCH3 is 2. The number of aromatic nitrogens is 4. The lowest BCUT2D eigenvalue weighted by molar-refractivity contribution is -0.154. The van der Waals surface area contributed by atoms with Gasteiger partial charge in [0.1, 0.15) is 28.7 Å². The number of halogens is 5. The molecule has 5 rings (SSSR count). The Kier molecular flexibility index (Phi) is 10.7. The molecule has 48 heavy (non-hydrogen) atoms. The smallest absolute Gasteiger partial charge is 0.422 e. The van der Waals surface area contributed by atoms with Gasteiger partial charge in [-0.2, -0.15) is 23.1 Å². The second-order valence-electron chi connectivity index (χ2n) is 10.9. The fourth-order valence-electron chi connectivity index (χ4n) is 5.37. The van der Waals surface area contributed by atoms with E-state index in [0.29, 0.717) is 25.3 Å². The average Bonchev–Trinajstić information content (AvgIpc) is 3.09. The summed E-state index contributed by atoms with van der Waals surface area (Å²) in [4.78, 5) is 20.8. The van der Waals surface area contributed by atoms with Crippen LogP contribution in [0.25, 0.3) is 10.9 Å². The lowest BCUT2D eigenvalue weighted by atomic mass is 10.0. The Morgan fingerprint density at radius 1 is 0.854 bits per heavy atom. The second-order valence-corrected chi connectivity index (χ2v) is 11.2. The highest BCUT2D eigenvalue weighted by Crippen LogP contribution is 2.38. The maximum atomic E-state index is 15.2. The van der Waals surface area contributed by atoms with Crippen LogP contribution >= 0.6 is 11.6 Å². The number of nitrogens with zero attached hydrogens (tertiary/aromatic N) is 6. The van der Waals surface area contributed by atoms with Gasteiger partial charge in [0, 0.05) is 38.1 Å². The predicted molar refractivity (Wildman–Crippen MR) is 175 cm³/mol. The van der Waals surface area contributed by atoms with Crippen LogP contribution in [0.4, 0.5) is 29.2 Å². The minimum absolute atomic E-state index is 0.110. The molecule has 3 aromatic heterocycles. The molecule has 0 radical (unpaired) electrons. The molecule has 2 aromatic carbocycles. The molecule has 252 valence electrons. The number of pyridine rings is 2. The van der Waals surface area contributed by atoms with Crippen LogP contribution in [0.3, 0.4) is 0 Å². The number of fused-ring (bicyclic) bond motifs is 1. The normalized spacial score (nSPS) is 12.1. The van der Waals surface area contributed by atoms with Crippen molar-refractivity contribution in [1.82, 2.24) is 19.9 Å². The van der Waals surface area contributed by atoms with E-state index in [4.69, 9.17) is 30.8 Å². The number of benzene rings is 2. The summed E-state index contributed by atoms with van der Waals surface area (Å²) in [5.41, 5.74) is 2.50. The molecule has 0 bridgehead atoms. The Balaban J connectivity index is 1.58. The first-order chi connectivity index (χ1) is 23.0. The molecule has 0 saturated carbocycles. The van der Waals surface area contributed by atoms with Gasteiger partial charge in [-0.3, -0.25) is 0 Å². The quantitative estimate of drug-likeness (QED) is 0.0906. The highest BCUT2D eigenvalue weighted by atomic mass is 35.5. The van der Waals surface area contributed by atoms with Crippen LogP contribution in [0.1, 0.15) is 36.1 Å². The van der Waals surface area contributed by atoms with Gasteiger partial charge in [-0.1, -0.05) is 48.9 Å². The van der Waals surface area contributed by atoms with Crippen LogP contribution in [-0.4, -0.2) is 54.0 Å². The van der Waals surface area contributed by atoms with Crippen molar-refractivity contribution in [2.75, 3.05) is 37.7 Å². The minimum Gasteiger partial charge on any atom is -0.497 e. The number of hydrogen-bond donors (Lipinski definition) is 0. The van der Waals surface area contributed by atoms with E-state index < -0.39 is 35.8 Å². The highest BCUT2D eigenvalue weighted by molar-refractivity contribution is 6.30. The van der Waals surface area contributed by atoms with Gasteiger partial charge < -0.3 is 24.0 Å². The number of hydrogen-bond acceptors (Lipinski definition) is 9. The van der Waals surface area contributed by atoms with Crippen LogP contribution in [0.5, 0.6) is 17.5 Å². The molecular weight excluding hydrogens is 652 g/mol. The summed E-state index contributed by atoms with van der Waals surface area (Å²) in [6, 6.07) is 18.1. The zero-order chi connectivity index (χ0) is 34.4. The molecule has 0 spiro atoms. The predicted octanol–water partition coefficient (Wildman–Crippen LogP) is 7.96. The van der Waals surface area contributed by atoms with Gasteiger partial charge in [-0.15, -0.1) is 0 Å². The van der Waals surface area contributed by atoms with Gasteiger partial charge in [0.15, 0.2) is 17.6 Å². The van der Waals surface area contributed by atoms with E-state index in [-0.39, 0.29) is 16.7 Å². The zero-order valence-corrected chi connectivity index (χ0v) is 27.4. The van der Waals surface area contributed by atoms with Crippen LogP contribution in [0.2, 0.25) is 5.15 Å². The van der Waals surface area contributed by atoms with E-state index in [1.165, 1.54) is 6.20 Å². The standard InChI is InChI=1S/C34H33ClF4N6O3/c1-5-27(44(2)32-26-17-41-30(35)28(36)29(26)42-33(43-32)48-20-34(37,38)39)25-7-6-16-40-31(25)45(18-21-8-12-23(46-3)13-9-21)19-22-10-14-24(47-4)15-11-22/h6-17,27H,5,18-20H2,1-4H3. The Bertz CT molecular complexity index is 1800. The van der Waals surface area contributed by atoms with Crippen molar-refractivity contribution in [1.29, 1.82) is 0 Å². The van der Waals surface area contributed by atoms with Gasteiger partial charge in [0.05, 0.1) is 25.6 Å². The van der Waals surface area contributed by atoms with Crippen molar-refractivity contribution in [3.8, 4) is 17.5 Å².